The zero-order chi connectivity index (χ0) is 22.5. The Hall–Kier alpha value is -2.57. The lowest BCUT2D eigenvalue weighted by atomic mass is 10.0. The molecule has 32 heavy (non-hydrogen) atoms. The van der Waals surface area contributed by atoms with Crippen molar-refractivity contribution in [2.45, 2.75) is 6.61 Å². The van der Waals surface area contributed by atoms with Gasteiger partial charge in [0.05, 0.1) is 22.3 Å². The second-order valence-electron chi connectivity index (χ2n) is 7.14. The molecule has 4 aromatic carbocycles. The second-order valence-corrected chi connectivity index (χ2v) is 9.55. The maximum Gasteiger partial charge on any atom is 0.174 e. The smallest absolute Gasteiger partial charge is 0.174 e. The van der Waals surface area contributed by atoms with Crippen LogP contribution in [0.3, 0.4) is 0 Å². The van der Waals surface area contributed by atoms with Crippen LogP contribution in [0.1, 0.15) is 16.7 Å². The fourth-order valence-corrected chi connectivity index (χ4v) is 4.65. The molecule has 4 aromatic rings. The molecular formula is C27H19I2NO2. The van der Waals surface area contributed by atoms with E-state index in [-0.39, 0.29) is 0 Å². The number of ether oxygens (including phenoxy) is 2. The van der Waals surface area contributed by atoms with Gasteiger partial charge < -0.3 is 9.47 Å². The molecule has 0 amide bonds. The van der Waals surface area contributed by atoms with Crippen LogP contribution in [0.15, 0.2) is 78.9 Å². The molecule has 0 spiro atoms. The van der Waals surface area contributed by atoms with Gasteiger partial charge in [0.15, 0.2) is 11.5 Å². The molecule has 0 aliphatic heterocycles. The van der Waals surface area contributed by atoms with Gasteiger partial charge in [0.1, 0.15) is 6.61 Å². The first-order chi connectivity index (χ1) is 15.6. The molecule has 0 aromatic heterocycles. The molecule has 0 radical (unpaired) electrons. The number of allylic oxidation sites excluding steroid dienone is 1. The van der Waals surface area contributed by atoms with Crippen molar-refractivity contribution >= 4 is 67.6 Å². The first kappa shape index (κ1) is 22.6. The van der Waals surface area contributed by atoms with E-state index in [1.165, 1.54) is 10.8 Å². The van der Waals surface area contributed by atoms with Gasteiger partial charge in [-0.15, -0.1) is 0 Å². The summed E-state index contributed by atoms with van der Waals surface area (Å²) in [4.78, 5) is 0. The Morgan fingerprint density at radius 1 is 0.969 bits per heavy atom. The van der Waals surface area contributed by atoms with Crippen molar-refractivity contribution in [1.82, 2.24) is 0 Å². The minimum absolute atomic E-state index is 0.439. The van der Waals surface area contributed by atoms with Crippen LogP contribution in [0.2, 0.25) is 0 Å². The van der Waals surface area contributed by atoms with E-state index in [2.05, 4.69) is 75.5 Å². The molecule has 0 fully saturated rings. The molecule has 0 N–H and O–H groups in total. The van der Waals surface area contributed by atoms with Crippen molar-refractivity contribution in [3.63, 3.8) is 0 Å². The molecule has 0 atom stereocenters. The van der Waals surface area contributed by atoms with Crippen LogP contribution < -0.4 is 9.47 Å². The molecule has 0 saturated heterocycles. The number of rotatable bonds is 6. The van der Waals surface area contributed by atoms with Crippen molar-refractivity contribution in [3.05, 3.63) is 103 Å². The van der Waals surface area contributed by atoms with Crippen LogP contribution in [-0.2, 0) is 6.61 Å². The van der Waals surface area contributed by atoms with E-state index in [1.807, 2.05) is 60.7 Å². The number of nitrogens with zero attached hydrogens (tertiary/aromatic N) is 1. The first-order valence-electron chi connectivity index (χ1n) is 9.94. The minimum Gasteiger partial charge on any atom is -0.493 e. The number of hydrogen-bond acceptors (Lipinski definition) is 3. The van der Waals surface area contributed by atoms with Gasteiger partial charge in [-0.1, -0.05) is 54.6 Å². The van der Waals surface area contributed by atoms with Crippen LogP contribution in [-0.4, -0.2) is 7.11 Å². The SMILES string of the molecule is COc1cc(/C=C(/C#N)c2ccc(I)cc2)cc(I)c1OCc1cccc2ccccc12. The third-order valence-corrected chi connectivity index (χ3v) is 6.61. The summed E-state index contributed by atoms with van der Waals surface area (Å²) in [6.45, 7) is 0.439. The van der Waals surface area contributed by atoms with Crippen LogP contribution in [0, 0.1) is 18.5 Å². The highest BCUT2D eigenvalue weighted by Crippen LogP contribution is 2.36. The van der Waals surface area contributed by atoms with E-state index < -0.39 is 0 Å². The van der Waals surface area contributed by atoms with Gasteiger partial charge in [-0.2, -0.15) is 5.26 Å². The highest BCUT2D eigenvalue weighted by atomic mass is 127. The third-order valence-electron chi connectivity index (χ3n) is 5.09. The average molecular weight is 643 g/mol. The summed E-state index contributed by atoms with van der Waals surface area (Å²) in [6, 6.07) is 28.6. The normalized spacial score (nSPS) is 11.2. The lowest BCUT2D eigenvalue weighted by Crippen LogP contribution is -2.01. The van der Waals surface area contributed by atoms with Crippen LogP contribution in [0.25, 0.3) is 22.4 Å². The molecule has 0 saturated carbocycles. The summed E-state index contributed by atoms with van der Waals surface area (Å²) in [5, 5.41) is 12.0. The molecule has 0 aliphatic carbocycles. The van der Waals surface area contributed by atoms with Gasteiger partial charge in [0.2, 0.25) is 0 Å². The van der Waals surface area contributed by atoms with E-state index in [1.54, 1.807) is 7.11 Å². The van der Waals surface area contributed by atoms with Crippen molar-refractivity contribution in [2.75, 3.05) is 7.11 Å². The topological polar surface area (TPSA) is 42.2 Å². The van der Waals surface area contributed by atoms with E-state index >= 15 is 0 Å². The summed E-state index contributed by atoms with van der Waals surface area (Å²) in [5.41, 5.74) is 3.50. The van der Waals surface area contributed by atoms with Crippen molar-refractivity contribution in [3.8, 4) is 17.6 Å². The fourth-order valence-electron chi connectivity index (χ4n) is 3.51. The Kier molecular flexibility index (Phi) is 7.33. The standard InChI is InChI=1S/C27H19I2NO2/c1-31-26-15-18(13-22(16-30)19-9-11-23(28)12-10-19)14-25(29)27(26)32-17-21-7-4-6-20-5-2-3-8-24(20)21/h2-15H,17H2,1H3/b22-13-. The number of nitriles is 1. The molecule has 158 valence electrons. The molecule has 0 heterocycles. The predicted molar refractivity (Wildman–Crippen MR) is 147 cm³/mol. The minimum atomic E-state index is 0.439. The Morgan fingerprint density at radius 2 is 1.72 bits per heavy atom. The fraction of sp³-hybridized carbons (Fsp3) is 0.0741. The van der Waals surface area contributed by atoms with Gasteiger partial charge in [-0.05, 0) is 103 Å². The summed E-state index contributed by atoms with van der Waals surface area (Å²) in [5.74, 6) is 1.34. The van der Waals surface area contributed by atoms with Crippen LogP contribution in [0.4, 0.5) is 0 Å². The van der Waals surface area contributed by atoms with E-state index in [4.69, 9.17) is 9.47 Å². The van der Waals surface area contributed by atoms with Crippen molar-refractivity contribution in [2.24, 2.45) is 0 Å². The first-order valence-corrected chi connectivity index (χ1v) is 12.1. The number of halogens is 2. The highest BCUT2D eigenvalue weighted by molar-refractivity contribution is 14.1. The van der Waals surface area contributed by atoms with Gasteiger partial charge in [-0.25, -0.2) is 0 Å². The second kappa shape index (κ2) is 10.4. The number of benzene rings is 4. The Bertz CT molecular complexity index is 1330. The molecule has 4 rings (SSSR count). The van der Waals surface area contributed by atoms with Gasteiger partial charge in [0.25, 0.3) is 0 Å². The van der Waals surface area contributed by atoms with Gasteiger partial charge >= 0.3 is 0 Å². The Morgan fingerprint density at radius 3 is 2.47 bits per heavy atom. The predicted octanol–water partition coefficient (Wildman–Crippen LogP) is 7.70. The maximum atomic E-state index is 9.68. The number of methoxy groups -OCH3 is 1. The zero-order valence-corrected chi connectivity index (χ0v) is 21.6. The largest absolute Gasteiger partial charge is 0.493 e. The zero-order valence-electron chi connectivity index (χ0n) is 17.3. The van der Waals surface area contributed by atoms with E-state index in [0.29, 0.717) is 23.7 Å². The third kappa shape index (κ3) is 5.08. The lowest BCUT2D eigenvalue weighted by molar-refractivity contribution is 0.283. The van der Waals surface area contributed by atoms with Crippen LogP contribution >= 0.6 is 45.2 Å². The summed E-state index contributed by atoms with van der Waals surface area (Å²) >= 11 is 4.51. The Balaban J connectivity index is 1.63. The lowest BCUT2D eigenvalue weighted by Gasteiger charge is -2.15. The molecular weight excluding hydrogens is 624 g/mol. The molecule has 0 unspecified atom stereocenters. The monoisotopic (exact) mass is 643 g/mol. The number of hydrogen-bond donors (Lipinski definition) is 0. The average Bonchev–Trinajstić information content (AvgIpc) is 2.82. The quantitative estimate of drug-likeness (QED) is 0.123. The van der Waals surface area contributed by atoms with Crippen molar-refractivity contribution < 1.29 is 9.47 Å². The molecule has 5 heteroatoms. The van der Waals surface area contributed by atoms with Gasteiger partial charge in [-0.3, -0.25) is 0 Å². The number of fused-ring (bicyclic) bond motifs is 1. The van der Waals surface area contributed by atoms with Crippen molar-refractivity contribution in [1.29, 1.82) is 5.26 Å². The Labute approximate surface area is 215 Å². The van der Waals surface area contributed by atoms with Gasteiger partial charge in [0, 0.05) is 3.57 Å². The van der Waals surface area contributed by atoms with E-state index in [0.717, 1.165) is 23.8 Å². The summed E-state index contributed by atoms with van der Waals surface area (Å²) < 4.78 is 13.9. The van der Waals surface area contributed by atoms with Crippen LogP contribution in [0.5, 0.6) is 11.5 Å². The van der Waals surface area contributed by atoms with E-state index in [9.17, 15) is 5.26 Å². The highest BCUT2D eigenvalue weighted by Gasteiger charge is 2.13. The molecule has 0 aliphatic rings. The summed E-state index contributed by atoms with van der Waals surface area (Å²) in [6.07, 6.45) is 1.88. The maximum absolute atomic E-state index is 9.68. The molecule has 3 nitrogen and oxygen atoms in total. The molecule has 0 bridgehead atoms. The summed E-state index contributed by atoms with van der Waals surface area (Å²) in [7, 11) is 1.63.